The summed E-state index contributed by atoms with van der Waals surface area (Å²) >= 11 is 0. The molecule has 3 aromatic rings. The van der Waals surface area contributed by atoms with Crippen molar-refractivity contribution in [2.45, 2.75) is 25.8 Å². The van der Waals surface area contributed by atoms with Crippen LogP contribution < -0.4 is 10.2 Å². The number of nitrogens with one attached hydrogen (secondary N) is 1. The molecule has 0 bridgehead atoms. The zero-order valence-electron chi connectivity index (χ0n) is 15.3. The molecule has 27 heavy (non-hydrogen) atoms. The van der Waals surface area contributed by atoms with Gasteiger partial charge in [-0.25, -0.2) is 9.97 Å². The predicted octanol–water partition coefficient (Wildman–Crippen LogP) is 3.72. The van der Waals surface area contributed by atoms with Crippen LogP contribution in [0.15, 0.2) is 67.0 Å². The van der Waals surface area contributed by atoms with E-state index in [0.717, 1.165) is 25.1 Å². The summed E-state index contributed by atoms with van der Waals surface area (Å²) in [6.07, 6.45) is 4.96. The third kappa shape index (κ3) is 3.67. The summed E-state index contributed by atoms with van der Waals surface area (Å²) in [7, 11) is 0. The second kappa shape index (κ2) is 7.58. The fourth-order valence-electron chi connectivity index (χ4n) is 3.51. The van der Waals surface area contributed by atoms with Gasteiger partial charge in [-0.15, -0.1) is 0 Å². The standard InChI is InChI=1S/C22H22N4O/c1-16-13-18-9-5-6-10-20(18)26(16)22(27)19-14-25-21(15-24-19)23-12-11-17-7-3-2-4-8-17/h2-10,14-16H,11-13H2,1H3,(H,23,25). The van der Waals surface area contributed by atoms with Crippen molar-refractivity contribution in [2.75, 3.05) is 16.8 Å². The van der Waals surface area contributed by atoms with E-state index in [1.165, 1.54) is 11.1 Å². The summed E-state index contributed by atoms with van der Waals surface area (Å²) in [6.45, 7) is 2.83. The molecule has 0 radical (unpaired) electrons. The number of anilines is 2. The zero-order valence-corrected chi connectivity index (χ0v) is 15.3. The normalized spacial score (nSPS) is 15.4. The number of rotatable bonds is 5. The van der Waals surface area contributed by atoms with Crippen LogP contribution in [0.2, 0.25) is 0 Å². The minimum absolute atomic E-state index is 0.101. The first kappa shape index (κ1) is 17.2. The highest BCUT2D eigenvalue weighted by molar-refractivity contribution is 6.06. The third-order valence-electron chi connectivity index (χ3n) is 4.86. The summed E-state index contributed by atoms with van der Waals surface area (Å²) < 4.78 is 0. The Bertz CT molecular complexity index is 925. The van der Waals surface area contributed by atoms with Crippen LogP contribution in [0, 0.1) is 0 Å². The van der Waals surface area contributed by atoms with Gasteiger partial charge in [-0.1, -0.05) is 48.5 Å². The summed E-state index contributed by atoms with van der Waals surface area (Å²) in [6, 6.07) is 18.4. The smallest absolute Gasteiger partial charge is 0.278 e. The van der Waals surface area contributed by atoms with Gasteiger partial charge < -0.3 is 10.2 Å². The first-order valence-corrected chi connectivity index (χ1v) is 9.23. The van der Waals surface area contributed by atoms with E-state index in [2.05, 4.69) is 40.4 Å². The highest BCUT2D eigenvalue weighted by Gasteiger charge is 2.31. The molecule has 4 rings (SSSR count). The number of aromatic nitrogens is 2. The van der Waals surface area contributed by atoms with Crippen molar-refractivity contribution < 1.29 is 4.79 Å². The minimum Gasteiger partial charge on any atom is -0.368 e. The Hall–Kier alpha value is -3.21. The van der Waals surface area contributed by atoms with Gasteiger partial charge in [-0.3, -0.25) is 4.79 Å². The van der Waals surface area contributed by atoms with Gasteiger partial charge in [0.25, 0.3) is 5.91 Å². The fraction of sp³-hybridized carbons (Fsp3) is 0.227. The van der Waals surface area contributed by atoms with Gasteiger partial charge in [0.15, 0.2) is 0 Å². The molecule has 1 N–H and O–H groups in total. The van der Waals surface area contributed by atoms with Crippen LogP contribution in [0.1, 0.15) is 28.5 Å². The molecule has 136 valence electrons. The van der Waals surface area contributed by atoms with Gasteiger partial charge in [-0.05, 0) is 37.0 Å². The number of amides is 1. The lowest BCUT2D eigenvalue weighted by Gasteiger charge is -2.22. The van der Waals surface area contributed by atoms with E-state index < -0.39 is 0 Å². The quantitative estimate of drug-likeness (QED) is 0.755. The summed E-state index contributed by atoms with van der Waals surface area (Å²) in [5.74, 6) is 0.577. The highest BCUT2D eigenvalue weighted by atomic mass is 16.2. The van der Waals surface area contributed by atoms with Crippen molar-refractivity contribution in [1.82, 2.24) is 9.97 Å². The highest BCUT2D eigenvalue weighted by Crippen LogP contribution is 2.32. The zero-order chi connectivity index (χ0) is 18.6. The number of hydrogen-bond acceptors (Lipinski definition) is 4. The van der Waals surface area contributed by atoms with Crippen molar-refractivity contribution in [3.05, 3.63) is 83.8 Å². The molecule has 1 amide bonds. The molecular formula is C22H22N4O. The monoisotopic (exact) mass is 358 g/mol. The molecule has 1 aromatic heterocycles. The molecule has 0 saturated carbocycles. The Kier molecular flexibility index (Phi) is 4.83. The number of hydrogen-bond donors (Lipinski definition) is 1. The van der Waals surface area contributed by atoms with Gasteiger partial charge in [0.2, 0.25) is 0 Å². The van der Waals surface area contributed by atoms with E-state index in [-0.39, 0.29) is 11.9 Å². The average Bonchev–Trinajstić information content (AvgIpc) is 3.04. The van der Waals surface area contributed by atoms with Gasteiger partial charge in [0.05, 0.1) is 12.4 Å². The molecule has 0 saturated heterocycles. The third-order valence-corrected chi connectivity index (χ3v) is 4.86. The van der Waals surface area contributed by atoms with Gasteiger partial charge in [-0.2, -0.15) is 0 Å². The Morgan fingerprint density at radius 2 is 1.85 bits per heavy atom. The molecular weight excluding hydrogens is 336 g/mol. The van der Waals surface area contributed by atoms with Crippen LogP contribution in [-0.2, 0) is 12.8 Å². The number of fused-ring (bicyclic) bond motifs is 1. The molecule has 2 aromatic carbocycles. The number of para-hydroxylation sites is 1. The van der Waals surface area contributed by atoms with Crippen LogP contribution in [0.5, 0.6) is 0 Å². The lowest BCUT2D eigenvalue weighted by Crippen LogP contribution is -2.36. The molecule has 5 nitrogen and oxygen atoms in total. The average molecular weight is 358 g/mol. The fourth-order valence-corrected chi connectivity index (χ4v) is 3.51. The maximum atomic E-state index is 12.9. The van der Waals surface area contributed by atoms with Crippen LogP contribution >= 0.6 is 0 Å². The van der Waals surface area contributed by atoms with Crippen LogP contribution in [0.4, 0.5) is 11.5 Å². The second-order valence-electron chi connectivity index (χ2n) is 6.81. The Labute approximate surface area is 159 Å². The molecule has 1 aliphatic rings. The van der Waals surface area contributed by atoms with Gasteiger partial charge in [0, 0.05) is 18.3 Å². The number of benzene rings is 2. The molecule has 0 aliphatic carbocycles. The first-order valence-electron chi connectivity index (χ1n) is 9.23. The largest absolute Gasteiger partial charge is 0.368 e. The lowest BCUT2D eigenvalue weighted by molar-refractivity contribution is 0.0976. The van der Waals surface area contributed by atoms with Gasteiger partial charge in [0.1, 0.15) is 11.5 Å². The second-order valence-corrected chi connectivity index (χ2v) is 6.81. The van der Waals surface area contributed by atoms with Crippen molar-refractivity contribution in [1.29, 1.82) is 0 Å². The van der Waals surface area contributed by atoms with Crippen molar-refractivity contribution in [2.24, 2.45) is 0 Å². The maximum absolute atomic E-state index is 12.9. The number of carbonyl (C=O) groups excluding carboxylic acids is 1. The van der Waals surface area contributed by atoms with Gasteiger partial charge >= 0.3 is 0 Å². The van der Waals surface area contributed by atoms with Crippen molar-refractivity contribution in [3.63, 3.8) is 0 Å². The summed E-state index contributed by atoms with van der Waals surface area (Å²) in [4.78, 5) is 23.5. The summed E-state index contributed by atoms with van der Waals surface area (Å²) in [5.41, 5.74) is 3.81. The van der Waals surface area contributed by atoms with E-state index in [9.17, 15) is 4.79 Å². The SMILES string of the molecule is CC1Cc2ccccc2N1C(=O)c1cnc(NCCc2ccccc2)cn1. The number of carbonyl (C=O) groups is 1. The topological polar surface area (TPSA) is 58.1 Å². The molecule has 0 fully saturated rings. The maximum Gasteiger partial charge on any atom is 0.278 e. The molecule has 2 heterocycles. The molecule has 1 aliphatic heterocycles. The first-order chi connectivity index (χ1) is 13.2. The predicted molar refractivity (Wildman–Crippen MR) is 107 cm³/mol. The van der Waals surface area contributed by atoms with E-state index in [1.807, 2.05) is 41.3 Å². The molecule has 1 unspecified atom stereocenters. The summed E-state index contributed by atoms with van der Waals surface area (Å²) in [5, 5.41) is 3.25. The van der Waals surface area contributed by atoms with E-state index in [4.69, 9.17) is 0 Å². The lowest BCUT2D eigenvalue weighted by atomic mass is 10.1. The van der Waals surface area contributed by atoms with Crippen LogP contribution in [0.3, 0.4) is 0 Å². The number of nitrogens with zero attached hydrogens (tertiary/aromatic N) is 3. The van der Waals surface area contributed by atoms with Crippen LogP contribution in [0.25, 0.3) is 0 Å². The van der Waals surface area contributed by atoms with E-state index >= 15 is 0 Å². The van der Waals surface area contributed by atoms with E-state index in [0.29, 0.717) is 11.5 Å². The van der Waals surface area contributed by atoms with Crippen LogP contribution in [-0.4, -0.2) is 28.5 Å². The Balaban J connectivity index is 1.41. The minimum atomic E-state index is -0.101. The van der Waals surface area contributed by atoms with Crippen molar-refractivity contribution in [3.8, 4) is 0 Å². The van der Waals surface area contributed by atoms with Crippen molar-refractivity contribution >= 4 is 17.4 Å². The van der Waals surface area contributed by atoms with E-state index in [1.54, 1.807) is 12.4 Å². The molecule has 0 spiro atoms. The Morgan fingerprint density at radius 1 is 1.07 bits per heavy atom. The molecule has 1 atom stereocenters. The molecule has 5 heteroatoms. The Morgan fingerprint density at radius 3 is 2.63 bits per heavy atom.